The summed E-state index contributed by atoms with van der Waals surface area (Å²) < 4.78 is 5.64. The molecule has 0 bridgehead atoms. The van der Waals surface area contributed by atoms with E-state index in [1.807, 2.05) is 0 Å². The van der Waals surface area contributed by atoms with Gasteiger partial charge in [0.25, 0.3) is 5.91 Å². The minimum atomic E-state index is -1.04. The number of amides is 1. The van der Waals surface area contributed by atoms with Crippen molar-refractivity contribution in [3.63, 3.8) is 0 Å². The SMILES string of the molecule is CC(C)(Oc1cccc(Cl)c1)C(=O)NCCSCC(=O)O. The summed E-state index contributed by atoms with van der Waals surface area (Å²) in [7, 11) is 0. The molecule has 0 aliphatic carbocycles. The van der Waals surface area contributed by atoms with Gasteiger partial charge in [-0.3, -0.25) is 9.59 Å². The van der Waals surface area contributed by atoms with Crippen LogP contribution in [-0.4, -0.2) is 40.6 Å². The fraction of sp³-hybridized carbons (Fsp3) is 0.429. The van der Waals surface area contributed by atoms with Crippen molar-refractivity contribution >= 4 is 35.2 Å². The number of hydrogen-bond acceptors (Lipinski definition) is 4. The number of hydrogen-bond donors (Lipinski definition) is 2. The summed E-state index contributed by atoms with van der Waals surface area (Å²) in [5.74, 6) is -0.0546. The molecule has 0 atom stereocenters. The molecule has 0 fully saturated rings. The van der Waals surface area contributed by atoms with Gasteiger partial charge in [-0.05, 0) is 32.0 Å². The number of carbonyl (C=O) groups excluding carboxylic acids is 1. The van der Waals surface area contributed by atoms with Crippen LogP contribution in [0.5, 0.6) is 5.75 Å². The average molecular weight is 332 g/mol. The van der Waals surface area contributed by atoms with Crippen LogP contribution >= 0.6 is 23.4 Å². The number of aliphatic carboxylic acids is 1. The lowest BCUT2D eigenvalue weighted by atomic mass is 10.1. The van der Waals surface area contributed by atoms with Crippen LogP contribution in [0, 0.1) is 0 Å². The zero-order chi connectivity index (χ0) is 15.9. The Morgan fingerprint density at radius 3 is 2.76 bits per heavy atom. The van der Waals surface area contributed by atoms with Gasteiger partial charge in [0, 0.05) is 17.3 Å². The lowest BCUT2D eigenvalue weighted by Gasteiger charge is -2.25. The second-order valence-corrected chi connectivity index (χ2v) is 6.31. The molecule has 2 N–H and O–H groups in total. The number of thioether (sulfide) groups is 1. The Morgan fingerprint density at radius 1 is 1.43 bits per heavy atom. The van der Waals surface area contributed by atoms with Crippen molar-refractivity contribution in [1.82, 2.24) is 5.32 Å². The molecular formula is C14H18ClNO4S. The van der Waals surface area contributed by atoms with Crippen molar-refractivity contribution in [1.29, 1.82) is 0 Å². The maximum absolute atomic E-state index is 12.1. The predicted octanol–water partition coefficient (Wildman–Crippen LogP) is 2.43. The molecule has 1 amide bonds. The number of nitrogens with one attached hydrogen (secondary N) is 1. The Bertz CT molecular complexity index is 508. The summed E-state index contributed by atoms with van der Waals surface area (Å²) >= 11 is 7.11. The summed E-state index contributed by atoms with van der Waals surface area (Å²) in [6.07, 6.45) is 0. The first-order chi connectivity index (χ1) is 9.81. The van der Waals surface area contributed by atoms with Gasteiger partial charge < -0.3 is 15.2 Å². The Labute approximate surface area is 133 Å². The van der Waals surface area contributed by atoms with E-state index < -0.39 is 11.6 Å². The molecule has 0 saturated heterocycles. The third kappa shape index (κ3) is 6.73. The minimum absolute atomic E-state index is 0.0261. The van der Waals surface area contributed by atoms with Crippen LogP contribution in [-0.2, 0) is 9.59 Å². The van der Waals surface area contributed by atoms with Gasteiger partial charge in [0.2, 0.25) is 0 Å². The van der Waals surface area contributed by atoms with Crippen molar-refractivity contribution in [2.24, 2.45) is 0 Å². The van der Waals surface area contributed by atoms with Gasteiger partial charge >= 0.3 is 5.97 Å². The number of ether oxygens (including phenoxy) is 1. The van der Waals surface area contributed by atoms with Crippen LogP contribution in [0.1, 0.15) is 13.8 Å². The summed E-state index contributed by atoms with van der Waals surface area (Å²) in [6.45, 7) is 3.71. The van der Waals surface area contributed by atoms with E-state index >= 15 is 0 Å². The van der Waals surface area contributed by atoms with Gasteiger partial charge in [-0.15, -0.1) is 11.8 Å². The van der Waals surface area contributed by atoms with Crippen LogP contribution in [0.25, 0.3) is 0 Å². The number of carboxylic acids is 1. The molecule has 0 saturated carbocycles. The molecule has 116 valence electrons. The van der Waals surface area contributed by atoms with E-state index in [9.17, 15) is 9.59 Å². The summed E-state index contributed by atoms with van der Waals surface area (Å²) in [5, 5.41) is 11.8. The predicted molar refractivity (Wildman–Crippen MR) is 84.1 cm³/mol. The molecule has 0 aliphatic rings. The van der Waals surface area contributed by atoms with E-state index in [1.54, 1.807) is 38.1 Å². The normalized spacial score (nSPS) is 11.0. The number of benzene rings is 1. The first kappa shape index (κ1) is 17.7. The van der Waals surface area contributed by atoms with Gasteiger partial charge in [0.15, 0.2) is 5.60 Å². The van der Waals surface area contributed by atoms with E-state index in [1.165, 1.54) is 11.8 Å². The molecule has 0 unspecified atom stereocenters. The van der Waals surface area contributed by atoms with Crippen molar-refractivity contribution in [2.45, 2.75) is 19.4 Å². The van der Waals surface area contributed by atoms with Crippen LogP contribution in [0.2, 0.25) is 5.02 Å². The van der Waals surface area contributed by atoms with Crippen LogP contribution < -0.4 is 10.1 Å². The molecule has 0 radical (unpaired) electrons. The Balaban J connectivity index is 2.42. The first-order valence-corrected chi connectivity index (χ1v) is 7.87. The number of rotatable bonds is 8. The molecule has 1 aromatic carbocycles. The lowest BCUT2D eigenvalue weighted by molar-refractivity contribution is -0.134. The van der Waals surface area contributed by atoms with E-state index in [0.29, 0.717) is 23.1 Å². The van der Waals surface area contributed by atoms with Crippen LogP contribution in [0.3, 0.4) is 0 Å². The van der Waals surface area contributed by atoms with Crippen molar-refractivity contribution in [3.8, 4) is 5.75 Å². The average Bonchev–Trinajstić information content (AvgIpc) is 2.37. The van der Waals surface area contributed by atoms with Crippen LogP contribution in [0.15, 0.2) is 24.3 Å². The fourth-order valence-electron chi connectivity index (χ4n) is 1.48. The van der Waals surface area contributed by atoms with Crippen molar-refractivity contribution in [2.75, 3.05) is 18.1 Å². The van der Waals surface area contributed by atoms with Gasteiger partial charge in [-0.1, -0.05) is 17.7 Å². The highest BCUT2D eigenvalue weighted by atomic mass is 35.5. The van der Waals surface area contributed by atoms with E-state index in [0.717, 1.165) is 0 Å². The summed E-state index contributed by atoms with van der Waals surface area (Å²) in [4.78, 5) is 22.4. The molecule has 0 aliphatic heterocycles. The minimum Gasteiger partial charge on any atom is -0.481 e. The monoisotopic (exact) mass is 331 g/mol. The number of halogens is 1. The second-order valence-electron chi connectivity index (χ2n) is 4.77. The Morgan fingerprint density at radius 2 is 2.14 bits per heavy atom. The van der Waals surface area contributed by atoms with E-state index in [2.05, 4.69) is 5.32 Å². The third-order valence-electron chi connectivity index (χ3n) is 2.47. The summed E-state index contributed by atoms with van der Waals surface area (Å²) in [6, 6.07) is 6.83. The molecule has 7 heteroatoms. The van der Waals surface area contributed by atoms with Gasteiger partial charge in [0.05, 0.1) is 5.75 Å². The van der Waals surface area contributed by atoms with Gasteiger partial charge in [-0.25, -0.2) is 0 Å². The first-order valence-electron chi connectivity index (χ1n) is 6.33. The Hall–Kier alpha value is -1.40. The molecule has 0 aromatic heterocycles. The highest BCUT2D eigenvalue weighted by Crippen LogP contribution is 2.22. The smallest absolute Gasteiger partial charge is 0.313 e. The zero-order valence-corrected chi connectivity index (χ0v) is 13.5. The highest BCUT2D eigenvalue weighted by Gasteiger charge is 2.29. The lowest BCUT2D eigenvalue weighted by Crippen LogP contribution is -2.47. The van der Waals surface area contributed by atoms with Crippen molar-refractivity contribution < 1.29 is 19.4 Å². The maximum Gasteiger partial charge on any atom is 0.313 e. The number of carboxylic acid groups (broad SMARTS) is 1. The largest absolute Gasteiger partial charge is 0.481 e. The molecule has 21 heavy (non-hydrogen) atoms. The van der Waals surface area contributed by atoms with E-state index in [-0.39, 0.29) is 11.7 Å². The van der Waals surface area contributed by atoms with Crippen molar-refractivity contribution in [3.05, 3.63) is 29.3 Å². The molecule has 0 heterocycles. The molecule has 1 rings (SSSR count). The zero-order valence-electron chi connectivity index (χ0n) is 11.9. The molecule has 5 nitrogen and oxygen atoms in total. The highest BCUT2D eigenvalue weighted by molar-refractivity contribution is 7.99. The van der Waals surface area contributed by atoms with E-state index in [4.69, 9.17) is 21.4 Å². The standard InChI is InChI=1S/C14H18ClNO4S/c1-14(2,20-11-5-3-4-10(15)8-11)13(19)16-6-7-21-9-12(17)18/h3-5,8H,6-7,9H2,1-2H3,(H,16,19)(H,17,18). The molecule has 0 spiro atoms. The third-order valence-corrected chi connectivity index (χ3v) is 3.65. The fourth-order valence-corrected chi connectivity index (χ4v) is 2.23. The summed E-state index contributed by atoms with van der Waals surface area (Å²) in [5.41, 5.74) is -1.04. The van der Waals surface area contributed by atoms with Gasteiger partial charge in [-0.2, -0.15) is 0 Å². The second kappa shape index (κ2) is 8.14. The quantitative estimate of drug-likeness (QED) is 0.715. The maximum atomic E-state index is 12.1. The Kier molecular flexibility index (Phi) is 6.84. The van der Waals surface area contributed by atoms with Crippen LogP contribution in [0.4, 0.5) is 0 Å². The molecular weight excluding hydrogens is 314 g/mol. The topological polar surface area (TPSA) is 75.6 Å². The molecule has 1 aromatic rings. The number of carbonyl (C=O) groups is 2. The van der Waals surface area contributed by atoms with Gasteiger partial charge in [0.1, 0.15) is 5.75 Å².